The molecule has 1 aliphatic heterocycles. The largest absolute Gasteiger partial charge is 0.495 e. The number of methoxy groups -OCH3 is 1. The lowest BCUT2D eigenvalue weighted by Gasteiger charge is -2.20. The van der Waals surface area contributed by atoms with Crippen molar-refractivity contribution < 1.29 is 14.3 Å². The number of rotatable bonds is 3. The minimum absolute atomic E-state index is 0.476. The van der Waals surface area contributed by atoms with E-state index in [2.05, 4.69) is 10.6 Å². The van der Waals surface area contributed by atoms with E-state index in [-0.39, 0.29) is 0 Å². The predicted molar refractivity (Wildman–Crippen MR) is 83.1 cm³/mol. The molecule has 0 aliphatic carbocycles. The predicted octanol–water partition coefficient (Wildman–Crippen LogP) is 3.12. The van der Waals surface area contributed by atoms with Crippen molar-refractivity contribution in [3.63, 3.8) is 0 Å². The molecule has 21 heavy (non-hydrogen) atoms. The molecule has 1 saturated heterocycles. The second-order valence-electron chi connectivity index (χ2n) is 6.28. The topological polar surface area (TPSA) is 59.6 Å². The summed E-state index contributed by atoms with van der Waals surface area (Å²) in [5.41, 5.74) is 1.33. The Bertz CT molecular complexity index is 503. The molecular formula is C16H24N2O3. The minimum Gasteiger partial charge on any atom is -0.495 e. The second-order valence-corrected chi connectivity index (χ2v) is 6.28. The maximum Gasteiger partial charge on any atom is 0.412 e. The van der Waals surface area contributed by atoms with Crippen LogP contribution in [0.1, 0.15) is 38.7 Å². The van der Waals surface area contributed by atoms with E-state index in [1.807, 2.05) is 39.0 Å². The summed E-state index contributed by atoms with van der Waals surface area (Å²) >= 11 is 0. The van der Waals surface area contributed by atoms with Gasteiger partial charge in [-0.3, -0.25) is 5.32 Å². The lowest BCUT2D eigenvalue weighted by Crippen LogP contribution is -2.27. The number of nitrogens with one attached hydrogen (secondary N) is 2. The minimum atomic E-state index is -0.521. The Morgan fingerprint density at radius 2 is 2.14 bits per heavy atom. The standard InChI is InChI=1S/C16H24N2O3/c1-16(2,3)21-15(19)18-13-6-5-11(9-14(13)20-4)12-7-8-17-10-12/h5-6,9,12,17H,7-8,10H2,1-4H3,(H,18,19). The number of benzene rings is 1. The van der Waals surface area contributed by atoms with Crippen LogP contribution in [0.3, 0.4) is 0 Å². The van der Waals surface area contributed by atoms with E-state index in [1.54, 1.807) is 7.11 Å². The SMILES string of the molecule is COc1cc(C2CCNC2)ccc1NC(=O)OC(C)(C)C. The van der Waals surface area contributed by atoms with Crippen molar-refractivity contribution in [1.82, 2.24) is 5.32 Å². The molecule has 1 aromatic rings. The van der Waals surface area contributed by atoms with Crippen molar-refractivity contribution in [3.8, 4) is 5.75 Å². The number of carbonyl (C=O) groups excluding carboxylic acids is 1. The van der Waals surface area contributed by atoms with E-state index in [4.69, 9.17) is 9.47 Å². The summed E-state index contributed by atoms with van der Waals surface area (Å²) in [4.78, 5) is 11.8. The third-order valence-corrected chi connectivity index (χ3v) is 3.39. The van der Waals surface area contributed by atoms with Crippen LogP contribution < -0.4 is 15.4 Å². The van der Waals surface area contributed by atoms with Crippen LogP contribution in [0.25, 0.3) is 0 Å². The molecule has 116 valence electrons. The summed E-state index contributed by atoms with van der Waals surface area (Å²) in [6.45, 7) is 7.53. The molecular weight excluding hydrogens is 268 g/mol. The summed E-state index contributed by atoms with van der Waals surface area (Å²) < 4.78 is 10.6. The lowest BCUT2D eigenvalue weighted by molar-refractivity contribution is 0.0635. The van der Waals surface area contributed by atoms with Crippen molar-refractivity contribution in [2.24, 2.45) is 0 Å². The maximum atomic E-state index is 11.8. The molecule has 2 N–H and O–H groups in total. The smallest absolute Gasteiger partial charge is 0.412 e. The monoisotopic (exact) mass is 292 g/mol. The van der Waals surface area contributed by atoms with Crippen LogP contribution >= 0.6 is 0 Å². The third kappa shape index (κ3) is 4.36. The average Bonchev–Trinajstić information content (AvgIpc) is 2.90. The van der Waals surface area contributed by atoms with Gasteiger partial charge in [-0.2, -0.15) is 0 Å². The van der Waals surface area contributed by atoms with Crippen LogP contribution in [-0.4, -0.2) is 31.9 Å². The van der Waals surface area contributed by atoms with Crippen LogP contribution in [0.5, 0.6) is 5.75 Å². The molecule has 1 amide bonds. The molecule has 1 aliphatic rings. The fourth-order valence-corrected chi connectivity index (χ4v) is 2.42. The van der Waals surface area contributed by atoms with Crippen LogP contribution in [0, 0.1) is 0 Å². The van der Waals surface area contributed by atoms with Crippen LogP contribution in [0.2, 0.25) is 0 Å². The highest BCUT2D eigenvalue weighted by atomic mass is 16.6. The molecule has 0 saturated carbocycles. The number of anilines is 1. The molecule has 5 nitrogen and oxygen atoms in total. The first-order valence-corrected chi connectivity index (χ1v) is 7.28. The van der Waals surface area contributed by atoms with Gasteiger partial charge >= 0.3 is 6.09 Å². The first kappa shape index (κ1) is 15.6. The molecule has 1 heterocycles. The summed E-state index contributed by atoms with van der Waals surface area (Å²) in [6.07, 6.45) is 0.651. The summed E-state index contributed by atoms with van der Waals surface area (Å²) in [5.74, 6) is 1.17. The Hall–Kier alpha value is -1.75. The normalized spacial score (nSPS) is 18.4. The molecule has 1 atom stereocenters. The van der Waals surface area contributed by atoms with Gasteiger partial charge in [-0.15, -0.1) is 0 Å². The number of ether oxygens (including phenoxy) is 2. The quantitative estimate of drug-likeness (QED) is 0.898. The van der Waals surface area contributed by atoms with E-state index in [1.165, 1.54) is 5.56 Å². The zero-order valence-corrected chi connectivity index (χ0v) is 13.2. The lowest BCUT2D eigenvalue weighted by atomic mass is 9.98. The third-order valence-electron chi connectivity index (χ3n) is 3.39. The zero-order chi connectivity index (χ0) is 15.5. The van der Waals surface area contributed by atoms with Gasteiger partial charge in [-0.1, -0.05) is 6.07 Å². The van der Waals surface area contributed by atoms with Gasteiger partial charge in [0.25, 0.3) is 0 Å². The van der Waals surface area contributed by atoms with Crippen molar-refractivity contribution in [2.45, 2.75) is 38.7 Å². The summed E-state index contributed by atoms with van der Waals surface area (Å²) in [5, 5.41) is 6.08. The van der Waals surface area contributed by atoms with Gasteiger partial charge in [-0.05, 0) is 57.4 Å². The molecule has 0 radical (unpaired) electrons. The van der Waals surface area contributed by atoms with E-state index >= 15 is 0 Å². The van der Waals surface area contributed by atoms with Crippen LogP contribution in [0.15, 0.2) is 18.2 Å². The van der Waals surface area contributed by atoms with Gasteiger partial charge in [0.15, 0.2) is 0 Å². The molecule has 0 bridgehead atoms. The highest BCUT2D eigenvalue weighted by molar-refractivity contribution is 5.87. The van der Waals surface area contributed by atoms with Crippen molar-refractivity contribution in [2.75, 3.05) is 25.5 Å². The van der Waals surface area contributed by atoms with E-state index in [9.17, 15) is 4.79 Å². The molecule has 0 spiro atoms. The highest BCUT2D eigenvalue weighted by Gasteiger charge is 2.20. The Labute approximate surface area is 126 Å². The van der Waals surface area contributed by atoms with Crippen molar-refractivity contribution >= 4 is 11.8 Å². The average molecular weight is 292 g/mol. The molecule has 1 unspecified atom stereocenters. The van der Waals surface area contributed by atoms with E-state index in [0.717, 1.165) is 19.5 Å². The molecule has 2 rings (SSSR count). The van der Waals surface area contributed by atoms with Gasteiger partial charge in [0.05, 0.1) is 12.8 Å². The first-order chi connectivity index (χ1) is 9.89. The number of hydrogen-bond donors (Lipinski definition) is 2. The van der Waals surface area contributed by atoms with Crippen molar-refractivity contribution in [3.05, 3.63) is 23.8 Å². The van der Waals surface area contributed by atoms with Gasteiger partial charge < -0.3 is 14.8 Å². The summed E-state index contributed by atoms with van der Waals surface area (Å²) in [7, 11) is 1.60. The Kier molecular flexibility index (Phi) is 4.73. The zero-order valence-electron chi connectivity index (χ0n) is 13.2. The molecule has 5 heteroatoms. The van der Waals surface area contributed by atoms with E-state index < -0.39 is 11.7 Å². The van der Waals surface area contributed by atoms with Crippen LogP contribution in [0.4, 0.5) is 10.5 Å². The van der Waals surface area contributed by atoms with Crippen molar-refractivity contribution in [1.29, 1.82) is 0 Å². The van der Waals surface area contributed by atoms with E-state index in [0.29, 0.717) is 17.4 Å². The Morgan fingerprint density at radius 3 is 2.71 bits per heavy atom. The maximum absolute atomic E-state index is 11.8. The fourth-order valence-electron chi connectivity index (χ4n) is 2.42. The van der Waals surface area contributed by atoms with Gasteiger partial charge in [0.2, 0.25) is 0 Å². The fraction of sp³-hybridized carbons (Fsp3) is 0.562. The molecule has 1 aromatic carbocycles. The number of amides is 1. The molecule has 0 aromatic heterocycles. The van der Waals surface area contributed by atoms with Gasteiger partial charge in [0.1, 0.15) is 11.4 Å². The summed E-state index contributed by atoms with van der Waals surface area (Å²) in [6, 6.07) is 5.90. The second kappa shape index (κ2) is 6.35. The number of hydrogen-bond acceptors (Lipinski definition) is 4. The molecule has 1 fully saturated rings. The number of carbonyl (C=O) groups is 1. The first-order valence-electron chi connectivity index (χ1n) is 7.28. The van der Waals surface area contributed by atoms with Gasteiger partial charge in [0, 0.05) is 6.54 Å². The Balaban J connectivity index is 2.11. The Morgan fingerprint density at radius 1 is 1.38 bits per heavy atom. The van der Waals surface area contributed by atoms with Gasteiger partial charge in [-0.25, -0.2) is 4.79 Å². The highest BCUT2D eigenvalue weighted by Crippen LogP contribution is 2.31. The van der Waals surface area contributed by atoms with Crippen LogP contribution in [-0.2, 0) is 4.74 Å².